The van der Waals surface area contributed by atoms with E-state index in [0.717, 1.165) is 24.8 Å². The molecule has 1 aromatic carbocycles. The van der Waals surface area contributed by atoms with Crippen molar-refractivity contribution in [3.63, 3.8) is 0 Å². The highest BCUT2D eigenvalue weighted by molar-refractivity contribution is 7.89. The van der Waals surface area contributed by atoms with Gasteiger partial charge in [-0.2, -0.15) is 4.31 Å². The first kappa shape index (κ1) is 12.5. The Morgan fingerprint density at radius 1 is 1.29 bits per heavy atom. The third kappa shape index (κ3) is 2.68. The minimum Gasteiger partial charge on any atom is -0.330 e. The molecule has 0 atom stereocenters. The molecule has 0 unspecified atom stereocenters. The van der Waals surface area contributed by atoms with Gasteiger partial charge in [-0.25, -0.2) is 8.42 Å². The molecule has 0 aromatic heterocycles. The van der Waals surface area contributed by atoms with Crippen molar-refractivity contribution in [2.45, 2.75) is 30.2 Å². The zero-order valence-electron chi connectivity index (χ0n) is 9.96. The smallest absolute Gasteiger partial charge is 0.243 e. The van der Waals surface area contributed by atoms with Gasteiger partial charge in [-0.15, -0.1) is 0 Å². The molecular weight excluding hydrogens is 236 g/mol. The number of benzene rings is 1. The fraction of sp³-hybridized carbons (Fsp3) is 0.500. The average molecular weight is 254 g/mol. The summed E-state index contributed by atoms with van der Waals surface area (Å²) in [5, 5.41) is 0. The minimum atomic E-state index is -3.31. The molecule has 1 aromatic rings. The van der Waals surface area contributed by atoms with Crippen LogP contribution in [-0.4, -0.2) is 32.4 Å². The van der Waals surface area contributed by atoms with Crippen LogP contribution in [0.5, 0.6) is 0 Å². The molecular formula is C12H18N2O2S. The number of sulfonamides is 1. The highest BCUT2D eigenvalue weighted by atomic mass is 32.2. The van der Waals surface area contributed by atoms with Crippen LogP contribution >= 0.6 is 0 Å². The molecule has 0 bridgehead atoms. The van der Waals surface area contributed by atoms with Crippen molar-refractivity contribution in [1.29, 1.82) is 0 Å². The van der Waals surface area contributed by atoms with E-state index in [4.69, 9.17) is 5.73 Å². The first-order valence-electron chi connectivity index (χ1n) is 5.83. The molecule has 0 amide bonds. The molecule has 0 spiro atoms. The molecule has 2 rings (SSSR count). The van der Waals surface area contributed by atoms with Crippen molar-refractivity contribution in [3.05, 3.63) is 29.8 Å². The number of nitrogens with two attached hydrogens (primary N) is 1. The Morgan fingerprint density at radius 2 is 1.88 bits per heavy atom. The highest BCUT2D eigenvalue weighted by Crippen LogP contribution is 2.30. The van der Waals surface area contributed by atoms with Crippen molar-refractivity contribution < 1.29 is 8.42 Å². The minimum absolute atomic E-state index is 0.198. The molecule has 1 aliphatic rings. The van der Waals surface area contributed by atoms with Gasteiger partial charge in [0.25, 0.3) is 0 Å². The molecule has 0 radical (unpaired) electrons. The summed E-state index contributed by atoms with van der Waals surface area (Å²) in [6.07, 6.45) is 2.72. The van der Waals surface area contributed by atoms with Gasteiger partial charge in [0, 0.05) is 13.1 Å². The molecule has 0 aliphatic heterocycles. The van der Waals surface area contributed by atoms with Gasteiger partial charge in [0.15, 0.2) is 0 Å². The summed E-state index contributed by atoms with van der Waals surface area (Å²) < 4.78 is 25.8. The van der Waals surface area contributed by atoms with Crippen molar-refractivity contribution in [1.82, 2.24) is 4.31 Å². The molecule has 1 aliphatic carbocycles. The van der Waals surface area contributed by atoms with Crippen LogP contribution in [0.1, 0.15) is 18.4 Å². The standard InChI is InChI=1S/C12H18N2O2S/c1-14(11-4-5-11)17(15,16)12-6-2-10(3-7-12)8-9-13/h2-3,6-7,11H,4-5,8-9,13H2,1H3. The lowest BCUT2D eigenvalue weighted by atomic mass is 10.2. The Balaban J connectivity index is 2.20. The Hall–Kier alpha value is -0.910. The van der Waals surface area contributed by atoms with Crippen molar-refractivity contribution in [2.75, 3.05) is 13.6 Å². The molecule has 1 saturated carbocycles. The molecule has 17 heavy (non-hydrogen) atoms. The summed E-state index contributed by atoms with van der Waals surface area (Å²) >= 11 is 0. The van der Waals surface area contributed by atoms with Gasteiger partial charge in [-0.05, 0) is 43.5 Å². The summed E-state index contributed by atoms with van der Waals surface area (Å²) in [7, 11) is -1.65. The van der Waals surface area contributed by atoms with Crippen LogP contribution in [0.2, 0.25) is 0 Å². The fourth-order valence-electron chi connectivity index (χ4n) is 1.80. The predicted octanol–water partition coefficient (Wildman–Crippen LogP) is 0.971. The topological polar surface area (TPSA) is 63.4 Å². The fourth-order valence-corrected chi connectivity index (χ4v) is 3.21. The van der Waals surface area contributed by atoms with E-state index in [0.29, 0.717) is 11.4 Å². The van der Waals surface area contributed by atoms with Gasteiger partial charge in [0.2, 0.25) is 10.0 Å². The average Bonchev–Trinajstić information content (AvgIpc) is 3.13. The normalized spacial score (nSPS) is 16.4. The summed E-state index contributed by atoms with van der Waals surface area (Å²) in [6, 6.07) is 7.20. The van der Waals surface area contributed by atoms with Crippen LogP contribution in [-0.2, 0) is 16.4 Å². The lowest BCUT2D eigenvalue weighted by molar-refractivity contribution is 0.464. The summed E-state index contributed by atoms with van der Waals surface area (Å²) in [4.78, 5) is 0.368. The Morgan fingerprint density at radius 3 is 2.35 bits per heavy atom. The zero-order chi connectivity index (χ0) is 12.5. The molecule has 1 fully saturated rings. The number of hydrogen-bond donors (Lipinski definition) is 1. The van der Waals surface area contributed by atoms with E-state index in [-0.39, 0.29) is 6.04 Å². The van der Waals surface area contributed by atoms with Crippen LogP contribution < -0.4 is 5.73 Å². The monoisotopic (exact) mass is 254 g/mol. The summed E-state index contributed by atoms with van der Waals surface area (Å²) in [5.41, 5.74) is 6.52. The van der Waals surface area contributed by atoms with Crippen molar-refractivity contribution >= 4 is 10.0 Å². The Labute approximate surface area is 102 Å². The Bertz CT molecular complexity index is 478. The first-order valence-corrected chi connectivity index (χ1v) is 7.27. The zero-order valence-corrected chi connectivity index (χ0v) is 10.8. The number of hydrogen-bond acceptors (Lipinski definition) is 3. The maximum atomic E-state index is 12.2. The quantitative estimate of drug-likeness (QED) is 0.851. The van der Waals surface area contributed by atoms with Crippen LogP contribution in [0.4, 0.5) is 0 Å². The van der Waals surface area contributed by atoms with Crippen LogP contribution in [0.3, 0.4) is 0 Å². The third-order valence-corrected chi connectivity index (χ3v) is 5.02. The SMILES string of the molecule is CN(C1CC1)S(=O)(=O)c1ccc(CCN)cc1. The predicted molar refractivity (Wildman–Crippen MR) is 67.2 cm³/mol. The molecule has 5 heteroatoms. The second kappa shape index (κ2) is 4.76. The molecule has 0 saturated heterocycles. The molecule has 0 heterocycles. The van der Waals surface area contributed by atoms with E-state index in [1.165, 1.54) is 4.31 Å². The van der Waals surface area contributed by atoms with E-state index in [1.807, 2.05) is 12.1 Å². The van der Waals surface area contributed by atoms with Gasteiger partial charge >= 0.3 is 0 Å². The van der Waals surface area contributed by atoms with E-state index in [9.17, 15) is 8.42 Å². The lowest BCUT2D eigenvalue weighted by Crippen LogP contribution is -2.28. The summed E-state index contributed by atoms with van der Waals surface area (Å²) in [5.74, 6) is 0. The van der Waals surface area contributed by atoms with Gasteiger partial charge in [-0.3, -0.25) is 0 Å². The van der Waals surface area contributed by atoms with E-state index >= 15 is 0 Å². The van der Waals surface area contributed by atoms with E-state index in [1.54, 1.807) is 19.2 Å². The molecule has 4 nitrogen and oxygen atoms in total. The van der Waals surface area contributed by atoms with E-state index in [2.05, 4.69) is 0 Å². The first-order chi connectivity index (χ1) is 8.05. The van der Waals surface area contributed by atoms with Gasteiger partial charge < -0.3 is 5.73 Å². The highest BCUT2D eigenvalue weighted by Gasteiger charge is 2.34. The lowest BCUT2D eigenvalue weighted by Gasteiger charge is -2.16. The van der Waals surface area contributed by atoms with Crippen molar-refractivity contribution in [2.24, 2.45) is 5.73 Å². The van der Waals surface area contributed by atoms with Crippen LogP contribution in [0.15, 0.2) is 29.2 Å². The maximum absolute atomic E-state index is 12.2. The van der Waals surface area contributed by atoms with E-state index < -0.39 is 10.0 Å². The van der Waals surface area contributed by atoms with Gasteiger partial charge in [-0.1, -0.05) is 12.1 Å². The largest absolute Gasteiger partial charge is 0.330 e. The second-order valence-electron chi connectivity index (χ2n) is 4.44. The number of nitrogens with zero attached hydrogens (tertiary/aromatic N) is 1. The van der Waals surface area contributed by atoms with Crippen molar-refractivity contribution in [3.8, 4) is 0 Å². The van der Waals surface area contributed by atoms with Gasteiger partial charge in [0.05, 0.1) is 4.90 Å². The summed E-state index contributed by atoms with van der Waals surface area (Å²) in [6.45, 7) is 0.577. The third-order valence-electron chi connectivity index (χ3n) is 3.09. The van der Waals surface area contributed by atoms with Crippen LogP contribution in [0.25, 0.3) is 0 Å². The van der Waals surface area contributed by atoms with Crippen LogP contribution in [0, 0.1) is 0 Å². The maximum Gasteiger partial charge on any atom is 0.243 e. The van der Waals surface area contributed by atoms with Gasteiger partial charge in [0.1, 0.15) is 0 Å². The second-order valence-corrected chi connectivity index (χ2v) is 6.43. The number of rotatable bonds is 5. The molecule has 94 valence electrons. The molecule has 2 N–H and O–H groups in total. The Kier molecular flexibility index (Phi) is 3.51.